The van der Waals surface area contributed by atoms with Crippen molar-refractivity contribution in [3.05, 3.63) is 23.5 Å². The van der Waals surface area contributed by atoms with Crippen LogP contribution >= 0.6 is 0 Å². The van der Waals surface area contributed by atoms with Gasteiger partial charge in [-0.1, -0.05) is 18.5 Å². The number of urea groups is 1. The summed E-state index contributed by atoms with van der Waals surface area (Å²) in [4.78, 5) is 24.6. The van der Waals surface area contributed by atoms with Crippen molar-refractivity contribution in [1.29, 1.82) is 0 Å². The Morgan fingerprint density at radius 1 is 1.32 bits per heavy atom. The molecule has 3 rings (SSSR count). The number of ether oxygens (including phenoxy) is 1. The predicted octanol–water partition coefficient (Wildman–Crippen LogP) is 3.51. The van der Waals surface area contributed by atoms with Crippen LogP contribution < -0.4 is 10.1 Å². The lowest BCUT2D eigenvalue weighted by atomic mass is 10.0. The average molecular weight is 399 g/mol. The molecule has 0 aliphatic carbocycles. The van der Waals surface area contributed by atoms with E-state index in [0.717, 1.165) is 4.90 Å². The fraction of sp³-hybridized carbons (Fsp3) is 0.500. The Balaban J connectivity index is 1.71. The first-order valence-corrected chi connectivity index (χ1v) is 8.97. The Bertz CT molecular complexity index is 894. The smallest absolute Gasteiger partial charge is 0.453 e. The maximum atomic E-state index is 13.0. The minimum atomic E-state index is -4.62. The van der Waals surface area contributed by atoms with Crippen molar-refractivity contribution in [3.8, 4) is 5.75 Å². The molecule has 1 atom stereocenters. The summed E-state index contributed by atoms with van der Waals surface area (Å²) in [5.74, 6) is -0.999. The lowest BCUT2D eigenvalue weighted by Gasteiger charge is -2.14. The van der Waals surface area contributed by atoms with Gasteiger partial charge in [-0.3, -0.25) is 9.69 Å². The van der Waals surface area contributed by atoms with Crippen molar-refractivity contribution in [3.63, 3.8) is 0 Å². The van der Waals surface area contributed by atoms with Crippen molar-refractivity contribution >= 4 is 22.8 Å². The third-order valence-electron chi connectivity index (χ3n) is 4.48. The SMILES string of the molecule is CCCc1c(OCCCN2C(=O)N[C@H](C)C2=O)ccc2c(C(F)(F)F)onc12. The minimum Gasteiger partial charge on any atom is -0.493 e. The zero-order valence-corrected chi connectivity index (χ0v) is 15.4. The topological polar surface area (TPSA) is 84.7 Å². The van der Waals surface area contributed by atoms with Crippen LogP contribution in [0.4, 0.5) is 18.0 Å². The molecule has 0 bridgehead atoms. The van der Waals surface area contributed by atoms with Crippen LogP contribution in [0.5, 0.6) is 5.75 Å². The number of nitrogens with zero attached hydrogens (tertiary/aromatic N) is 2. The number of amides is 3. The van der Waals surface area contributed by atoms with E-state index in [9.17, 15) is 22.8 Å². The number of aryl methyl sites for hydroxylation is 1. The Morgan fingerprint density at radius 2 is 2.07 bits per heavy atom. The largest absolute Gasteiger partial charge is 0.493 e. The normalized spacial score (nSPS) is 17.5. The van der Waals surface area contributed by atoms with Crippen LogP contribution in [0.3, 0.4) is 0 Å². The van der Waals surface area contributed by atoms with Gasteiger partial charge in [0.15, 0.2) is 0 Å². The molecule has 1 aromatic carbocycles. The standard InChI is InChI=1S/C18H20F3N3O4/c1-3-5-11-13(7-6-12-14(11)23-28-15(12)18(19,20)21)27-9-4-8-24-16(25)10(2)22-17(24)26/h6-7,10H,3-5,8-9H2,1-2H3,(H,22,26)/t10-/m1/s1. The average Bonchev–Trinajstić information content (AvgIpc) is 3.16. The summed E-state index contributed by atoms with van der Waals surface area (Å²) in [7, 11) is 0. The number of nitrogens with one attached hydrogen (secondary N) is 1. The summed E-state index contributed by atoms with van der Waals surface area (Å²) in [6.45, 7) is 3.89. The van der Waals surface area contributed by atoms with Gasteiger partial charge in [-0.2, -0.15) is 13.2 Å². The van der Waals surface area contributed by atoms with Crippen molar-refractivity contribution in [2.45, 2.75) is 45.3 Å². The van der Waals surface area contributed by atoms with Crippen LogP contribution in [0.2, 0.25) is 0 Å². The number of carbonyl (C=O) groups excluding carboxylic acids is 2. The quantitative estimate of drug-likeness (QED) is 0.569. The number of hydrogen-bond acceptors (Lipinski definition) is 5. The molecule has 0 saturated carbocycles. The molecule has 152 valence electrons. The highest BCUT2D eigenvalue weighted by molar-refractivity contribution is 6.03. The molecule has 2 aromatic rings. The monoisotopic (exact) mass is 399 g/mol. The molecule has 1 aromatic heterocycles. The maximum absolute atomic E-state index is 13.0. The molecular weight excluding hydrogens is 379 g/mol. The van der Waals surface area contributed by atoms with Crippen LogP contribution in [0.25, 0.3) is 10.9 Å². The molecule has 3 amide bonds. The summed E-state index contributed by atoms with van der Waals surface area (Å²) in [5, 5.41) is 6.02. The molecular formula is C18H20F3N3O4. The number of alkyl halides is 3. The first-order valence-electron chi connectivity index (χ1n) is 8.97. The minimum absolute atomic E-state index is 0.100. The second-order valence-electron chi connectivity index (χ2n) is 6.56. The number of imide groups is 1. The van der Waals surface area contributed by atoms with Gasteiger partial charge in [0.1, 0.15) is 17.3 Å². The Kier molecular flexibility index (Phi) is 5.48. The fourth-order valence-corrected chi connectivity index (χ4v) is 3.15. The van der Waals surface area contributed by atoms with Gasteiger partial charge in [0.25, 0.3) is 5.91 Å². The van der Waals surface area contributed by atoms with Crippen LogP contribution in [0.15, 0.2) is 16.7 Å². The van der Waals surface area contributed by atoms with E-state index in [-0.39, 0.29) is 30.0 Å². The number of rotatable bonds is 7. The summed E-state index contributed by atoms with van der Waals surface area (Å²) < 4.78 is 49.3. The molecule has 2 heterocycles. The number of halogens is 3. The first-order chi connectivity index (χ1) is 13.2. The zero-order chi connectivity index (χ0) is 20.5. The van der Waals surface area contributed by atoms with Gasteiger partial charge in [0.2, 0.25) is 5.76 Å². The molecule has 0 spiro atoms. The number of aromatic nitrogens is 1. The number of fused-ring (bicyclic) bond motifs is 1. The van der Waals surface area contributed by atoms with Gasteiger partial charge < -0.3 is 14.6 Å². The molecule has 10 heteroatoms. The second-order valence-corrected chi connectivity index (χ2v) is 6.56. The van der Waals surface area contributed by atoms with E-state index in [1.54, 1.807) is 6.92 Å². The highest BCUT2D eigenvalue weighted by Crippen LogP contribution is 2.38. The number of benzene rings is 1. The molecule has 1 aliphatic heterocycles. The van der Waals surface area contributed by atoms with E-state index in [1.807, 2.05) is 6.92 Å². The maximum Gasteiger partial charge on any atom is 0.453 e. The third-order valence-corrected chi connectivity index (χ3v) is 4.48. The number of hydrogen-bond donors (Lipinski definition) is 1. The van der Waals surface area contributed by atoms with E-state index in [0.29, 0.717) is 30.6 Å². The number of carbonyl (C=O) groups is 2. The molecule has 0 radical (unpaired) electrons. The van der Waals surface area contributed by atoms with E-state index >= 15 is 0 Å². The van der Waals surface area contributed by atoms with Crippen molar-refractivity contribution in [1.82, 2.24) is 15.4 Å². The van der Waals surface area contributed by atoms with Crippen LogP contribution in [-0.4, -0.2) is 41.2 Å². The van der Waals surface area contributed by atoms with Gasteiger partial charge in [0.05, 0.1) is 12.0 Å². The lowest BCUT2D eigenvalue weighted by molar-refractivity contribution is -0.154. The summed E-state index contributed by atoms with van der Waals surface area (Å²) in [6, 6.07) is 1.77. The second kappa shape index (κ2) is 7.69. The highest BCUT2D eigenvalue weighted by atomic mass is 19.4. The summed E-state index contributed by atoms with van der Waals surface area (Å²) in [5.41, 5.74) is 0.678. The van der Waals surface area contributed by atoms with E-state index in [1.165, 1.54) is 12.1 Å². The molecule has 7 nitrogen and oxygen atoms in total. The molecule has 1 aliphatic rings. The Hall–Kier alpha value is -2.78. The zero-order valence-electron chi connectivity index (χ0n) is 15.4. The fourth-order valence-electron chi connectivity index (χ4n) is 3.15. The van der Waals surface area contributed by atoms with Gasteiger partial charge in [-0.25, -0.2) is 4.79 Å². The van der Waals surface area contributed by atoms with Gasteiger partial charge in [0, 0.05) is 12.1 Å². The van der Waals surface area contributed by atoms with E-state index < -0.39 is 24.0 Å². The Morgan fingerprint density at radius 3 is 2.68 bits per heavy atom. The van der Waals surface area contributed by atoms with Gasteiger partial charge >= 0.3 is 12.2 Å². The van der Waals surface area contributed by atoms with Gasteiger partial charge in [-0.05, 0) is 31.9 Å². The molecule has 28 heavy (non-hydrogen) atoms. The molecule has 1 N–H and O–H groups in total. The van der Waals surface area contributed by atoms with E-state index in [2.05, 4.69) is 15.0 Å². The van der Waals surface area contributed by atoms with Crippen molar-refractivity contribution in [2.75, 3.05) is 13.2 Å². The van der Waals surface area contributed by atoms with Crippen LogP contribution in [0, 0.1) is 0 Å². The van der Waals surface area contributed by atoms with E-state index in [4.69, 9.17) is 4.74 Å². The van der Waals surface area contributed by atoms with Crippen LogP contribution in [-0.2, 0) is 17.4 Å². The van der Waals surface area contributed by atoms with Gasteiger partial charge in [-0.15, -0.1) is 0 Å². The van der Waals surface area contributed by atoms with Crippen molar-refractivity contribution in [2.24, 2.45) is 0 Å². The molecule has 1 saturated heterocycles. The summed E-state index contributed by atoms with van der Waals surface area (Å²) >= 11 is 0. The third kappa shape index (κ3) is 3.76. The molecule has 0 unspecified atom stereocenters. The first kappa shape index (κ1) is 20.0. The Labute approximate surface area is 158 Å². The van der Waals surface area contributed by atoms with Crippen molar-refractivity contribution < 1.29 is 32.0 Å². The summed E-state index contributed by atoms with van der Waals surface area (Å²) in [6.07, 6.45) is -3.08. The highest BCUT2D eigenvalue weighted by Gasteiger charge is 2.38. The molecule has 1 fully saturated rings. The lowest BCUT2D eigenvalue weighted by Crippen LogP contribution is -2.32. The predicted molar refractivity (Wildman–Crippen MR) is 92.8 cm³/mol. The van der Waals surface area contributed by atoms with Crippen LogP contribution in [0.1, 0.15) is 38.0 Å².